The number of nitrogens with one attached hydrogen (secondary N) is 1. The molecular formula is C14H25N3O2. The number of rotatable bonds is 3. The van der Waals surface area contributed by atoms with Gasteiger partial charge in [-0.2, -0.15) is 0 Å². The van der Waals surface area contributed by atoms with Crippen molar-refractivity contribution in [1.29, 1.82) is 0 Å². The van der Waals surface area contributed by atoms with E-state index in [9.17, 15) is 9.59 Å². The lowest BCUT2D eigenvalue weighted by molar-refractivity contribution is -0.135. The minimum atomic E-state index is -0.0365. The van der Waals surface area contributed by atoms with E-state index in [-0.39, 0.29) is 18.4 Å². The van der Waals surface area contributed by atoms with E-state index in [4.69, 9.17) is 5.73 Å². The van der Waals surface area contributed by atoms with Crippen LogP contribution >= 0.6 is 0 Å². The fourth-order valence-corrected chi connectivity index (χ4v) is 3.10. The molecule has 0 aromatic heterocycles. The van der Waals surface area contributed by atoms with Crippen molar-refractivity contribution in [3.05, 3.63) is 0 Å². The van der Waals surface area contributed by atoms with Gasteiger partial charge in [0.1, 0.15) is 0 Å². The Labute approximate surface area is 114 Å². The minimum absolute atomic E-state index is 0.0365. The summed E-state index contributed by atoms with van der Waals surface area (Å²) in [5.74, 6) is 0.676. The molecule has 0 spiro atoms. The topological polar surface area (TPSA) is 75.4 Å². The van der Waals surface area contributed by atoms with Gasteiger partial charge in [-0.25, -0.2) is 0 Å². The van der Waals surface area contributed by atoms with Crippen molar-refractivity contribution in [3.8, 4) is 0 Å². The van der Waals surface area contributed by atoms with Crippen LogP contribution in [-0.2, 0) is 9.59 Å². The average Bonchev–Trinajstić information content (AvgIpc) is 2.61. The van der Waals surface area contributed by atoms with E-state index in [2.05, 4.69) is 5.32 Å². The predicted octanol–water partition coefficient (Wildman–Crippen LogP) is 0.633. The van der Waals surface area contributed by atoms with Crippen LogP contribution in [0.25, 0.3) is 0 Å². The molecule has 1 aliphatic heterocycles. The molecule has 3 N–H and O–H groups in total. The predicted molar refractivity (Wildman–Crippen MR) is 73.4 cm³/mol. The molecule has 2 fully saturated rings. The molecule has 0 aromatic carbocycles. The highest BCUT2D eigenvalue weighted by molar-refractivity contribution is 5.85. The Bertz CT molecular complexity index is 333. The number of nitrogens with two attached hydrogens (primary N) is 1. The zero-order valence-corrected chi connectivity index (χ0v) is 11.6. The van der Waals surface area contributed by atoms with Gasteiger partial charge >= 0.3 is 0 Å². The second kappa shape index (κ2) is 6.89. The van der Waals surface area contributed by atoms with Crippen molar-refractivity contribution in [2.45, 2.75) is 51.0 Å². The van der Waals surface area contributed by atoms with Crippen molar-refractivity contribution in [1.82, 2.24) is 10.2 Å². The third-order valence-electron chi connectivity index (χ3n) is 4.20. The fraction of sp³-hybridized carbons (Fsp3) is 0.857. The lowest BCUT2D eigenvalue weighted by Crippen LogP contribution is -2.37. The average molecular weight is 267 g/mol. The normalized spacial score (nSPS) is 28.7. The van der Waals surface area contributed by atoms with Gasteiger partial charge < -0.3 is 16.0 Å². The standard InChI is InChI=1S/C14H25N3O2/c15-12-4-1-3-11(9-12)5-6-14(19)17-8-2-7-16-13(18)10-17/h11-12H,1-10,15H2,(H,16,18). The van der Waals surface area contributed by atoms with Gasteiger partial charge in [0, 0.05) is 25.6 Å². The summed E-state index contributed by atoms with van der Waals surface area (Å²) in [6, 6.07) is 0.317. The van der Waals surface area contributed by atoms with Crippen LogP contribution in [0.5, 0.6) is 0 Å². The molecule has 0 bridgehead atoms. The van der Waals surface area contributed by atoms with Gasteiger partial charge in [-0.15, -0.1) is 0 Å². The number of nitrogens with zero attached hydrogens (tertiary/aromatic N) is 1. The molecule has 2 rings (SSSR count). The quantitative estimate of drug-likeness (QED) is 0.787. The molecule has 2 aliphatic rings. The Hall–Kier alpha value is -1.10. The van der Waals surface area contributed by atoms with E-state index in [0.717, 1.165) is 25.7 Å². The lowest BCUT2D eigenvalue weighted by atomic mass is 9.83. The van der Waals surface area contributed by atoms with Gasteiger partial charge in [-0.1, -0.05) is 12.8 Å². The Balaban J connectivity index is 1.75. The summed E-state index contributed by atoms with van der Waals surface area (Å²) in [5, 5.41) is 2.79. The van der Waals surface area contributed by atoms with E-state index in [1.165, 1.54) is 12.8 Å². The van der Waals surface area contributed by atoms with Crippen molar-refractivity contribution >= 4 is 11.8 Å². The largest absolute Gasteiger partial charge is 0.354 e. The molecule has 5 heteroatoms. The Morgan fingerprint density at radius 2 is 2.21 bits per heavy atom. The van der Waals surface area contributed by atoms with E-state index < -0.39 is 0 Å². The van der Waals surface area contributed by atoms with E-state index in [1.54, 1.807) is 4.90 Å². The van der Waals surface area contributed by atoms with Gasteiger partial charge in [0.2, 0.25) is 11.8 Å². The zero-order chi connectivity index (χ0) is 13.7. The highest BCUT2D eigenvalue weighted by Gasteiger charge is 2.23. The smallest absolute Gasteiger partial charge is 0.239 e. The lowest BCUT2D eigenvalue weighted by Gasteiger charge is -2.27. The molecule has 2 amide bonds. The fourth-order valence-electron chi connectivity index (χ4n) is 3.10. The summed E-state index contributed by atoms with van der Waals surface area (Å²) in [7, 11) is 0. The second-order valence-corrected chi connectivity index (χ2v) is 5.85. The van der Waals surface area contributed by atoms with Crippen LogP contribution in [0.2, 0.25) is 0 Å². The zero-order valence-electron chi connectivity index (χ0n) is 11.6. The first-order chi connectivity index (χ1) is 9.15. The third kappa shape index (κ3) is 4.49. The Kier molecular flexibility index (Phi) is 5.19. The molecular weight excluding hydrogens is 242 g/mol. The molecule has 2 atom stereocenters. The van der Waals surface area contributed by atoms with Crippen molar-refractivity contribution in [2.75, 3.05) is 19.6 Å². The molecule has 0 aromatic rings. The monoisotopic (exact) mass is 267 g/mol. The number of hydrogen-bond donors (Lipinski definition) is 2. The summed E-state index contributed by atoms with van der Waals surface area (Å²) in [6.45, 7) is 1.60. The van der Waals surface area contributed by atoms with E-state index >= 15 is 0 Å². The maximum atomic E-state index is 12.1. The highest BCUT2D eigenvalue weighted by Crippen LogP contribution is 2.27. The molecule has 1 saturated heterocycles. The van der Waals surface area contributed by atoms with Crippen molar-refractivity contribution < 1.29 is 9.59 Å². The van der Waals surface area contributed by atoms with Gasteiger partial charge in [-0.05, 0) is 31.6 Å². The molecule has 1 aliphatic carbocycles. The minimum Gasteiger partial charge on any atom is -0.354 e. The molecule has 1 saturated carbocycles. The van der Waals surface area contributed by atoms with Crippen LogP contribution in [0.1, 0.15) is 44.9 Å². The SMILES string of the molecule is NC1CCCC(CCC(=O)N2CCCNC(=O)C2)C1. The van der Waals surface area contributed by atoms with Crippen LogP contribution in [0, 0.1) is 5.92 Å². The molecule has 1 heterocycles. The van der Waals surface area contributed by atoms with Crippen molar-refractivity contribution in [3.63, 3.8) is 0 Å². The van der Waals surface area contributed by atoms with Crippen LogP contribution in [0.4, 0.5) is 0 Å². The van der Waals surface area contributed by atoms with Crippen LogP contribution < -0.4 is 11.1 Å². The number of amides is 2. The third-order valence-corrected chi connectivity index (χ3v) is 4.20. The number of hydrogen-bond acceptors (Lipinski definition) is 3. The number of carbonyl (C=O) groups excluding carboxylic acids is 2. The first-order valence-electron chi connectivity index (χ1n) is 7.45. The van der Waals surface area contributed by atoms with Gasteiger partial charge in [-0.3, -0.25) is 9.59 Å². The molecule has 19 heavy (non-hydrogen) atoms. The first kappa shape index (κ1) is 14.3. The number of carbonyl (C=O) groups is 2. The highest BCUT2D eigenvalue weighted by atomic mass is 16.2. The van der Waals surface area contributed by atoms with Crippen molar-refractivity contribution in [2.24, 2.45) is 11.7 Å². The second-order valence-electron chi connectivity index (χ2n) is 5.85. The summed E-state index contributed by atoms with van der Waals surface area (Å²) >= 11 is 0. The van der Waals surface area contributed by atoms with Crippen LogP contribution in [0.3, 0.4) is 0 Å². The summed E-state index contributed by atoms with van der Waals surface area (Å²) in [4.78, 5) is 25.3. The Morgan fingerprint density at radius 3 is 3.00 bits per heavy atom. The first-order valence-corrected chi connectivity index (χ1v) is 7.45. The molecule has 5 nitrogen and oxygen atoms in total. The van der Waals surface area contributed by atoms with Crippen LogP contribution in [0.15, 0.2) is 0 Å². The molecule has 0 radical (unpaired) electrons. The molecule has 2 unspecified atom stereocenters. The maximum absolute atomic E-state index is 12.1. The van der Waals surface area contributed by atoms with Gasteiger partial charge in [0.15, 0.2) is 0 Å². The Morgan fingerprint density at radius 1 is 1.37 bits per heavy atom. The summed E-state index contributed by atoms with van der Waals surface area (Å²) in [5.41, 5.74) is 5.96. The van der Waals surface area contributed by atoms with E-state index in [1.807, 2.05) is 0 Å². The molecule has 108 valence electrons. The summed E-state index contributed by atoms with van der Waals surface area (Å²) < 4.78 is 0. The summed E-state index contributed by atoms with van der Waals surface area (Å²) in [6.07, 6.45) is 6.89. The van der Waals surface area contributed by atoms with E-state index in [0.29, 0.717) is 31.5 Å². The maximum Gasteiger partial charge on any atom is 0.239 e. The van der Waals surface area contributed by atoms with Crippen LogP contribution in [-0.4, -0.2) is 42.4 Å². The van der Waals surface area contributed by atoms with Gasteiger partial charge in [0.05, 0.1) is 6.54 Å². The van der Waals surface area contributed by atoms with Gasteiger partial charge in [0.25, 0.3) is 0 Å².